The minimum absolute atomic E-state index is 0.0184. The summed E-state index contributed by atoms with van der Waals surface area (Å²) in [6.07, 6.45) is 3.38. The van der Waals surface area contributed by atoms with E-state index in [0.29, 0.717) is 0 Å². The van der Waals surface area contributed by atoms with Crippen LogP contribution in [-0.4, -0.2) is 23.5 Å². The van der Waals surface area contributed by atoms with Crippen LogP contribution < -0.4 is 11.3 Å². The molecule has 3 N–H and O–H groups in total. The maximum Gasteiger partial charge on any atom is 0.0641 e. The zero-order valence-corrected chi connectivity index (χ0v) is 14.4. The van der Waals surface area contributed by atoms with E-state index in [1.807, 2.05) is 0 Å². The van der Waals surface area contributed by atoms with Gasteiger partial charge in [-0.2, -0.15) is 0 Å². The van der Waals surface area contributed by atoms with Gasteiger partial charge >= 0.3 is 0 Å². The topological polar surface area (TPSA) is 41.3 Å². The Labute approximate surface area is 130 Å². The molecular formula is C18H33N3. The number of nitrogens with one attached hydrogen (secondary N) is 1. The number of hydrogen-bond acceptors (Lipinski definition) is 3. The van der Waals surface area contributed by atoms with Gasteiger partial charge in [-0.3, -0.25) is 16.2 Å². The fraction of sp³-hybridized carbons (Fsp3) is 0.667. The molecule has 120 valence electrons. The summed E-state index contributed by atoms with van der Waals surface area (Å²) in [7, 11) is 0. The van der Waals surface area contributed by atoms with E-state index in [-0.39, 0.29) is 11.6 Å². The number of likely N-dealkylation sites (N-methyl/N-ethyl adjacent to an activating group) is 1. The second kappa shape index (κ2) is 8.52. The third-order valence-corrected chi connectivity index (χ3v) is 4.84. The van der Waals surface area contributed by atoms with Gasteiger partial charge in [0, 0.05) is 5.54 Å². The van der Waals surface area contributed by atoms with Gasteiger partial charge in [-0.25, -0.2) is 0 Å². The molecule has 0 fully saturated rings. The van der Waals surface area contributed by atoms with Crippen molar-refractivity contribution in [2.24, 2.45) is 5.84 Å². The van der Waals surface area contributed by atoms with E-state index in [1.54, 1.807) is 0 Å². The van der Waals surface area contributed by atoms with Gasteiger partial charge in [0.05, 0.1) is 6.04 Å². The van der Waals surface area contributed by atoms with Crippen LogP contribution in [0.4, 0.5) is 0 Å². The van der Waals surface area contributed by atoms with Crippen LogP contribution in [0.1, 0.15) is 64.6 Å². The van der Waals surface area contributed by atoms with Crippen LogP contribution in [0, 0.1) is 0 Å². The molecule has 0 aromatic heterocycles. The highest BCUT2D eigenvalue weighted by Crippen LogP contribution is 2.33. The molecule has 0 aliphatic carbocycles. The van der Waals surface area contributed by atoms with Crippen molar-refractivity contribution in [2.45, 2.75) is 65.5 Å². The highest BCUT2D eigenvalue weighted by molar-refractivity contribution is 5.27. The summed E-state index contributed by atoms with van der Waals surface area (Å²) in [5, 5.41) is 0. The Balaban J connectivity index is 3.08. The number of hydrazine groups is 1. The molecule has 0 aliphatic heterocycles. The standard InChI is InChI=1S/C18H33N3/c1-6-10-15-11-13-16(14-12-15)17(20-19)18(5,7-2)21(8-3)9-4/h11-14,17,20H,6-10,19H2,1-5H3. The first-order valence-electron chi connectivity index (χ1n) is 8.37. The lowest BCUT2D eigenvalue weighted by Crippen LogP contribution is -2.55. The SMILES string of the molecule is CCCc1ccc(C(NN)C(C)(CC)N(CC)CC)cc1. The van der Waals surface area contributed by atoms with Crippen LogP contribution in [0.15, 0.2) is 24.3 Å². The Bertz CT molecular complexity index is 397. The van der Waals surface area contributed by atoms with Gasteiger partial charge in [-0.1, -0.05) is 58.4 Å². The Morgan fingerprint density at radius 1 is 1.10 bits per heavy atom. The van der Waals surface area contributed by atoms with Crippen LogP contribution in [-0.2, 0) is 6.42 Å². The van der Waals surface area contributed by atoms with Crippen molar-refractivity contribution in [3.63, 3.8) is 0 Å². The number of nitrogens with zero attached hydrogens (tertiary/aromatic N) is 1. The third-order valence-electron chi connectivity index (χ3n) is 4.84. The van der Waals surface area contributed by atoms with E-state index in [9.17, 15) is 0 Å². The fourth-order valence-corrected chi connectivity index (χ4v) is 3.36. The van der Waals surface area contributed by atoms with Crippen molar-refractivity contribution in [3.8, 4) is 0 Å². The summed E-state index contributed by atoms with van der Waals surface area (Å²) < 4.78 is 0. The molecule has 0 radical (unpaired) electrons. The van der Waals surface area contributed by atoms with E-state index in [4.69, 9.17) is 5.84 Å². The van der Waals surface area contributed by atoms with Gasteiger partial charge in [0.1, 0.15) is 0 Å². The summed E-state index contributed by atoms with van der Waals surface area (Å²) in [6, 6.07) is 9.07. The zero-order chi connectivity index (χ0) is 15.9. The minimum atomic E-state index is 0.0184. The smallest absolute Gasteiger partial charge is 0.0641 e. The summed E-state index contributed by atoms with van der Waals surface area (Å²) in [6.45, 7) is 13.3. The number of hydrogen-bond donors (Lipinski definition) is 2. The molecule has 21 heavy (non-hydrogen) atoms. The summed E-state index contributed by atoms with van der Waals surface area (Å²) >= 11 is 0. The lowest BCUT2D eigenvalue weighted by Gasteiger charge is -2.45. The minimum Gasteiger partial charge on any atom is -0.297 e. The van der Waals surface area contributed by atoms with Crippen LogP contribution in [0.25, 0.3) is 0 Å². The van der Waals surface area contributed by atoms with E-state index < -0.39 is 0 Å². The normalized spacial score (nSPS) is 16.0. The van der Waals surface area contributed by atoms with Crippen molar-refractivity contribution in [3.05, 3.63) is 35.4 Å². The molecule has 0 saturated carbocycles. The summed E-state index contributed by atoms with van der Waals surface area (Å²) in [5.41, 5.74) is 5.76. The molecule has 0 heterocycles. The van der Waals surface area contributed by atoms with Gasteiger partial charge in [-0.05, 0) is 44.0 Å². The molecule has 0 saturated heterocycles. The fourth-order valence-electron chi connectivity index (χ4n) is 3.36. The second-order valence-electron chi connectivity index (χ2n) is 5.97. The van der Waals surface area contributed by atoms with Crippen molar-refractivity contribution in [2.75, 3.05) is 13.1 Å². The molecule has 0 aliphatic rings. The molecular weight excluding hydrogens is 258 g/mol. The molecule has 3 nitrogen and oxygen atoms in total. The van der Waals surface area contributed by atoms with Crippen molar-refractivity contribution in [1.82, 2.24) is 10.3 Å². The molecule has 2 atom stereocenters. The van der Waals surface area contributed by atoms with Crippen LogP contribution in [0.3, 0.4) is 0 Å². The Morgan fingerprint density at radius 2 is 1.67 bits per heavy atom. The number of aryl methyl sites for hydroxylation is 1. The zero-order valence-electron chi connectivity index (χ0n) is 14.4. The van der Waals surface area contributed by atoms with Gasteiger partial charge in [-0.15, -0.1) is 0 Å². The Hall–Kier alpha value is -0.900. The molecule has 0 spiro atoms. The lowest BCUT2D eigenvalue weighted by atomic mass is 9.83. The van der Waals surface area contributed by atoms with E-state index in [2.05, 4.69) is 69.2 Å². The largest absolute Gasteiger partial charge is 0.297 e. The summed E-state index contributed by atoms with van der Waals surface area (Å²) in [4.78, 5) is 2.50. The van der Waals surface area contributed by atoms with Gasteiger partial charge < -0.3 is 0 Å². The molecule has 3 heteroatoms. The molecule has 1 aromatic rings. The van der Waals surface area contributed by atoms with Gasteiger partial charge in [0.25, 0.3) is 0 Å². The molecule has 1 aromatic carbocycles. The average molecular weight is 291 g/mol. The average Bonchev–Trinajstić information content (AvgIpc) is 2.51. The number of rotatable bonds is 9. The molecule has 0 amide bonds. The van der Waals surface area contributed by atoms with E-state index in [0.717, 1.165) is 25.9 Å². The second-order valence-corrected chi connectivity index (χ2v) is 5.97. The van der Waals surface area contributed by atoms with Crippen molar-refractivity contribution < 1.29 is 0 Å². The Kier molecular flexibility index (Phi) is 7.36. The van der Waals surface area contributed by atoms with Crippen LogP contribution >= 0.6 is 0 Å². The highest BCUT2D eigenvalue weighted by atomic mass is 15.3. The van der Waals surface area contributed by atoms with Gasteiger partial charge in [0.2, 0.25) is 0 Å². The first-order chi connectivity index (χ1) is 10.1. The molecule has 0 bridgehead atoms. The lowest BCUT2D eigenvalue weighted by molar-refractivity contribution is 0.0698. The first-order valence-corrected chi connectivity index (χ1v) is 8.37. The van der Waals surface area contributed by atoms with E-state index in [1.165, 1.54) is 17.5 Å². The number of benzene rings is 1. The number of nitrogens with two attached hydrogens (primary N) is 1. The molecule has 2 unspecified atom stereocenters. The quantitative estimate of drug-likeness (QED) is 0.539. The van der Waals surface area contributed by atoms with Crippen molar-refractivity contribution in [1.29, 1.82) is 0 Å². The third kappa shape index (κ3) is 4.06. The first kappa shape index (κ1) is 18.1. The highest BCUT2D eigenvalue weighted by Gasteiger charge is 2.37. The van der Waals surface area contributed by atoms with Crippen LogP contribution in [0.2, 0.25) is 0 Å². The summed E-state index contributed by atoms with van der Waals surface area (Å²) in [5.74, 6) is 5.93. The van der Waals surface area contributed by atoms with E-state index >= 15 is 0 Å². The maximum absolute atomic E-state index is 5.93. The predicted molar refractivity (Wildman–Crippen MR) is 92.1 cm³/mol. The van der Waals surface area contributed by atoms with Gasteiger partial charge in [0.15, 0.2) is 0 Å². The Morgan fingerprint density at radius 3 is 2.05 bits per heavy atom. The predicted octanol–water partition coefficient (Wildman–Crippen LogP) is 3.65. The van der Waals surface area contributed by atoms with Crippen molar-refractivity contribution >= 4 is 0 Å². The molecule has 1 rings (SSSR count). The van der Waals surface area contributed by atoms with Crippen LogP contribution in [0.5, 0.6) is 0 Å². The monoisotopic (exact) mass is 291 g/mol. The maximum atomic E-state index is 5.93.